The lowest BCUT2D eigenvalue weighted by Crippen LogP contribution is -2.30. The van der Waals surface area contributed by atoms with Crippen molar-refractivity contribution in [1.29, 1.82) is 0 Å². The normalized spacial score (nSPS) is 10.9. The molecule has 170 valence electrons. The molecule has 0 atom stereocenters. The third-order valence-corrected chi connectivity index (χ3v) is 6.70. The van der Waals surface area contributed by atoms with Crippen molar-refractivity contribution in [1.82, 2.24) is 9.88 Å². The number of halogens is 2. The minimum absolute atomic E-state index is 0.135. The highest BCUT2D eigenvalue weighted by atomic mass is 35.5. The average molecular weight is 502 g/mol. The molecule has 1 amide bonds. The number of nitrogens with two attached hydrogens (primary N) is 1. The summed E-state index contributed by atoms with van der Waals surface area (Å²) >= 11 is 13.6. The van der Waals surface area contributed by atoms with Crippen LogP contribution < -0.4 is 15.2 Å². The highest BCUT2D eigenvalue weighted by Crippen LogP contribution is 2.30. The molecule has 0 fully saturated rings. The summed E-state index contributed by atoms with van der Waals surface area (Å²) in [6.07, 6.45) is 0. The van der Waals surface area contributed by atoms with Gasteiger partial charge in [0.05, 0.1) is 34.5 Å². The van der Waals surface area contributed by atoms with Gasteiger partial charge in [0, 0.05) is 18.7 Å². The van der Waals surface area contributed by atoms with Gasteiger partial charge in [-0.15, -0.1) is 0 Å². The molecular weight excluding hydrogens is 481 g/mol. The first kappa shape index (κ1) is 23.2. The molecule has 0 saturated carbocycles. The van der Waals surface area contributed by atoms with E-state index in [0.29, 0.717) is 45.3 Å². The number of ether oxygens (including phenoxy) is 2. The van der Waals surface area contributed by atoms with Crippen LogP contribution in [0.4, 0.5) is 5.13 Å². The van der Waals surface area contributed by atoms with Gasteiger partial charge in [-0.1, -0.05) is 46.7 Å². The number of amides is 1. The lowest BCUT2D eigenvalue weighted by Gasteiger charge is -2.24. The molecule has 6 nitrogen and oxygen atoms in total. The molecule has 3 aromatic carbocycles. The molecule has 0 bridgehead atoms. The Morgan fingerprint density at radius 1 is 0.939 bits per heavy atom. The fourth-order valence-electron chi connectivity index (χ4n) is 3.52. The number of aromatic nitrogens is 1. The lowest BCUT2D eigenvalue weighted by atomic mass is 10.1. The Hall–Kier alpha value is -3.00. The highest BCUT2D eigenvalue weighted by molar-refractivity contribution is 7.22. The van der Waals surface area contributed by atoms with Gasteiger partial charge < -0.3 is 20.1 Å². The summed E-state index contributed by atoms with van der Waals surface area (Å²) in [7, 11) is 3.16. The first-order valence-corrected chi connectivity index (χ1v) is 11.6. The van der Waals surface area contributed by atoms with Crippen molar-refractivity contribution in [2.24, 2.45) is 0 Å². The van der Waals surface area contributed by atoms with Gasteiger partial charge in [-0.05, 0) is 53.6 Å². The standard InChI is InChI=1S/C24H21Cl2N3O3S/c1-31-20-8-4-15(10-21(20)32-2)13-29(12-14-3-6-17(25)18(26)9-14)23(30)16-5-7-19-22(11-16)33-24(27)28-19/h3-11H,12-13H2,1-2H3,(H2,27,28). The van der Waals surface area contributed by atoms with Crippen LogP contribution in [0, 0.1) is 0 Å². The summed E-state index contributed by atoms with van der Waals surface area (Å²) in [5, 5.41) is 1.37. The third kappa shape index (κ3) is 5.16. The number of methoxy groups -OCH3 is 2. The van der Waals surface area contributed by atoms with Gasteiger partial charge in [-0.3, -0.25) is 4.79 Å². The molecule has 0 aliphatic rings. The highest BCUT2D eigenvalue weighted by Gasteiger charge is 2.19. The number of thiazole rings is 1. The van der Waals surface area contributed by atoms with Crippen LogP contribution in [-0.4, -0.2) is 30.0 Å². The SMILES string of the molecule is COc1ccc(CN(Cc2ccc(Cl)c(Cl)c2)C(=O)c2ccc3nc(N)sc3c2)cc1OC. The summed E-state index contributed by atoms with van der Waals surface area (Å²) in [5.74, 6) is 1.08. The Kier molecular flexibility index (Phi) is 6.93. The van der Waals surface area contributed by atoms with E-state index in [0.717, 1.165) is 21.3 Å². The summed E-state index contributed by atoms with van der Waals surface area (Å²) < 4.78 is 11.6. The molecule has 0 aliphatic carbocycles. The number of rotatable bonds is 7. The summed E-state index contributed by atoms with van der Waals surface area (Å²) in [6.45, 7) is 0.690. The van der Waals surface area contributed by atoms with Gasteiger partial charge in [0.2, 0.25) is 0 Å². The van der Waals surface area contributed by atoms with Crippen molar-refractivity contribution in [2.45, 2.75) is 13.1 Å². The number of fused-ring (bicyclic) bond motifs is 1. The van der Waals surface area contributed by atoms with Gasteiger partial charge >= 0.3 is 0 Å². The van der Waals surface area contributed by atoms with Crippen molar-refractivity contribution >= 4 is 55.8 Å². The molecular formula is C24H21Cl2N3O3S. The number of nitrogen functional groups attached to an aromatic ring is 1. The van der Waals surface area contributed by atoms with Gasteiger partial charge in [0.1, 0.15) is 0 Å². The first-order chi connectivity index (χ1) is 15.9. The van der Waals surface area contributed by atoms with Crippen LogP contribution in [0.25, 0.3) is 10.2 Å². The maximum absolute atomic E-state index is 13.6. The van der Waals surface area contributed by atoms with E-state index < -0.39 is 0 Å². The number of hydrogen-bond acceptors (Lipinski definition) is 6. The van der Waals surface area contributed by atoms with E-state index in [1.54, 1.807) is 37.3 Å². The maximum Gasteiger partial charge on any atom is 0.254 e. The van der Waals surface area contributed by atoms with Crippen LogP contribution in [0.15, 0.2) is 54.6 Å². The Balaban J connectivity index is 1.69. The fourth-order valence-corrected chi connectivity index (χ4v) is 4.61. The second kappa shape index (κ2) is 9.87. The molecule has 0 spiro atoms. The molecule has 9 heteroatoms. The molecule has 2 N–H and O–H groups in total. The Morgan fingerprint density at radius 3 is 2.33 bits per heavy atom. The van der Waals surface area contributed by atoms with Crippen molar-refractivity contribution in [3.05, 3.63) is 81.3 Å². The molecule has 4 aromatic rings. The molecule has 0 aliphatic heterocycles. The van der Waals surface area contributed by atoms with Gasteiger partial charge in [0.25, 0.3) is 5.91 Å². The summed E-state index contributed by atoms with van der Waals surface area (Å²) in [6, 6.07) is 16.3. The van der Waals surface area contributed by atoms with Crippen molar-refractivity contribution in [2.75, 3.05) is 20.0 Å². The van der Waals surface area contributed by atoms with Crippen LogP contribution in [-0.2, 0) is 13.1 Å². The monoisotopic (exact) mass is 501 g/mol. The molecule has 33 heavy (non-hydrogen) atoms. The van der Waals surface area contributed by atoms with E-state index in [2.05, 4.69) is 4.98 Å². The van der Waals surface area contributed by atoms with Crippen LogP contribution in [0.1, 0.15) is 21.5 Å². The van der Waals surface area contributed by atoms with Gasteiger partial charge in [-0.2, -0.15) is 0 Å². The largest absolute Gasteiger partial charge is 0.493 e. The van der Waals surface area contributed by atoms with Crippen molar-refractivity contribution < 1.29 is 14.3 Å². The quantitative estimate of drug-likeness (QED) is 0.333. The van der Waals surface area contributed by atoms with E-state index in [4.69, 9.17) is 38.4 Å². The van der Waals surface area contributed by atoms with Crippen LogP contribution >= 0.6 is 34.5 Å². The second-order valence-electron chi connectivity index (χ2n) is 7.33. The van der Waals surface area contributed by atoms with E-state index in [-0.39, 0.29) is 5.91 Å². The Labute approximate surface area is 205 Å². The first-order valence-electron chi connectivity index (χ1n) is 9.98. The number of anilines is 1. The van der Waals surface area contributed by atoms with E-state index in [9.17, 15) is 4.79 Å². The van der Waals surface area contributed by atoms with Crippen molar-refractivity contribution in [3.8, 4) is 11.5 Å². The number of hydrogen-bond donors (Lipinski definition) is 1. The molecule has 0 saturated heterocycles. The number of benzene rings is 3. The lowest BCUT2D eigenvalue weighted by molar-refractivity contribution is 0.0730. The number of carbonyl (C=O) groups is 1. The predicted molar refractivity (Wildman–Crippen MR) is 134 cm³/mol. The molecule has 1 heterocycles. The van der Waals surface area contributed by atoms with E-state index in [1.807, 2.05) is 36.4 Å². The van der Waals surface area contributed by atoms with Gasteiger partial charge in [-0.25, -0.2) is 4.98 Å². The minimum atomic E-state index is -0.135. The smallest absolute Gasteiger partial charge is 0.254 e. The molecule has 1 aromatic heterocycles. The van der Waals surface area contributed by atoms with Gasteiger partial charge in [0.15, 0.2) is 16.6 Å². The average Bonchev–Trinajstić information content (AvgIpc) is 3.19. The summed E-state index contributed by atoms with van der Waals surface area (Å²) in [4.78, 5) is 19.6. The Bertz CT molecular complexity index is 1330. The third-order valence-electron chi connectivity index (χ3n) is 5.12. The topological polar surface area (TPSA) is 77.7 Å². The fraction of sp³-hybridized carbons (Fsp3) is 0.167. The van der Waals surface area contributed by atoms with Crippen molar-refractivity contribution in [3.63, 3.8) is 0 Å². The zero-order chi connectivity index (χ0) is 23.5. The van der Waals surface area contributed by atoms with Crippen LogP contribution in [0.3, 0.4) is 0 Å². The zero-order valence-corrected chi connectivity index (χ0v) is 20.3. The number of carbonyl (C=O) groups excluding carboxylic acids is 1. The van der Waals surface area contributed by atoms with E-state index >= 15 is 0 Å². The second-order valence-corrected chi connectivity index (χ2v) is 9.21. The molecule has 0 radical (unpaired) electrons. The summed E-state index contributed by atoms with van der Waals surface area (Å²) in [5.41, 5.74) is 8.90. The minimum Gasteiger partial charge on any atom is -0.493 e. The predicted octanol–water partition coefficient (Wildman–Crippen LogP) is 6.05. The molecule has 4 rings (SSSR count). The Morgan fingerprint density at radius 2 is 1.64 bits per heavy atom. The molecule has 0 unspecified atom stereocenters. The maximum atomic E-state index is 13.6. The van der Waals surface area contributed by atoms with E-state index in [1.165, 1.54) is 11.3 Å². The number of nitrogens with zero attached hydrogens (tertiary/aromatic N) is 2. The van der Waals surface area contributed by atoms with Crippen LogP contribution in [0.2, 0.25) is 10.0 Å². The van der Waals surface area contributed by atoms with Crippen LogP contribution in [0.5, 0.6) is 11.5 Å². The zero-order valence-electron chi connectivity index (χ0n) is 18.0.